The van der Waals surface area contributed by atoms with Gasteiger partial charge < -0.3 is 4.90 Å². The highest BCUT2D eigenvalue weighted by molar-refractivity contribution is 7.89. The lowest BCUT2D eigenvalue weighted by molar-refractivity contribution is -0.133. The maximum Gasteiger partial charge on any atom is 0.243 e. The van der Waals surface area contributed by atoms with Gasteiger partial charge in [-0.1, -0.05) is 24.3 Å². The van der Waals surface area contributed by atoms with Crippen molar-refractivity contribution in [3.05, 3.63) is 41.5 Å². The summed E-state index contributed by atoms with van der Waals surface area (Å²) in [5.74, 6) is 0.490. The number of piperazine rings is 1. The van der Waals surface area contributed by atoms with Crippen LogP contribution >= 0.6 is 0 Å². The molecule has 6 heteroatoms. The Morgan fingerprint density at radius 3 is 2.52 bits per heavy atom. The van der Waals surface area contributed by atoms with Crippen LogP contribution in [0.1, 0.15) is 30.4 Å². The Labute approximate surface area is 150 Å². The lowest BCUT2D eigenvalue weighted by Crippen LogP contribution is -2.50. The highest BCUT2D eigenvalue weighted by atomic mass is 32.2. The summed E-state index contributed by atoms with van der Waals surface area (Å²) in [4.78, 5) is 14.6. The van der Waals surface area contributed by atoms with E-state index in [1.807, 2.05) is 26.0 Å². The van der Waals surface area contributed by atoms with Gasteiger partial charge in [0.15, 0.2) is 0 Å². The first-order valence-corrected chi connectivity index (χ1v) is 10.3. The SMILES string of the molecule is Cc1ccc(C)c(S(=O)(=O)N2CCN(C(=O)C[C@@H]3C=CCC3)CC2)c1. The van der Waals surface area contributed by atoms with Crippen molar-refractivity contribution in [1.82, 2.24) is 9.21 Å². The minimum atomic E-state index is -3.50. The van der Waals surface area contributed by atoms with Gasteiger partial charge in [-0.3, -0.25) is 4.79 Å². The second-order valence-electron chi connectivity index (χ2n) is 7.02. The van der Waals surface area contributed by atoms with Crippen molar-refractivity contribution in [3.63, 3.8) is 0 Å². The Morgan fingerprint density at radius 2 is 1.88 bits per heavy atom. The first kappa shape index (κ1) is 18.1. The smallest absolute Gasteiger partial charge is 0.243 e. The maximum atomic E-state index is 12.9. The third kappa shape index (κ3) is 3.96. The zero-order chi connectivity index (χ0) is 18.0. The molecule has 0 aromatic heterocycles. The predicted octanol–water partition coefficient (Wildman–Crippen LogP) is 2.49. The summed E-state index contributed by atoms with van der Waals surface area (Å²) in [5, 5.41) is 0. The van der Waals surface area contributed by atoms with E-state index in [1.54, 1.807) is 11.0 Å². The molecular formula is C19H26N2O3S. The van der Waals surface area contributed by atoms with E-state index in [0.717, 1.165) is 24.0 Å². The number of aryl methyl sites for hydroxylation is 2. The lowest BCUT2D eigenvalue weighted by Gasteiger charge is -2.34. The number of allylic oxidation sites excluding steroid dienone is 2. The number of rotatable bonds is 4. The molecule has 1 aliphatic carbocycles. The molecule has 5 nitrogen and oxygen atoms in total. The second-order valence-corrected chi connectivity index (χ2v) is 8.93. The molecule has 1 fully saturated rings. The van der Waals surface area contributed by atoms with Gasteiger partial charge in [-0.15, -0.1) is 0 Å². The number of hydrogen-bond acceptors (Lipinski definition) is 3. The molecule has 1 heterocycles. The van der Waals surface area contributed by atoms with E-state index in [1.165, 1.54) is 4.31 Å². The molecule has 0 unspecified atom stereocenters. The quantitative estimate of drug-likeness (QED) is 0.773. The monoisotopic (exact) mass is 362 g/mol. The van der Waals surface area contributed by atoms with Crippen LogP contribution in [-0.2, 0) is 14.8 Å². The van der Waals surface area contributed by atoms with E-state index in [2.05, 4.69) is 12.2 Å². The molecule has 136 valence electrons. The normalized spacial score (nSPS) is 21.7. The predicted molar refractivity (Wildman–Crippen MR) is 97.7 cm³/mol. The Kier molecular flexibility index (Phi) is 5.29. The van der Waals surface area contributed by atoms with Crippen molar-refractivity contribution >= 4 is 15.9 Å². The van der Waals surface area contributed by atoms with Gasteiger partial charge in [0.25, 0.3) is 0 Å². The number of benzene rings is 1. The number of nitrogens with zero attached hydrogens (tertiary/aromatic N) is 2. The van der Waals surface area contributed by atoms with Crippen molar-refractivity contribution in [2.75, 3.05) is 26.2 Å². The molecule has 0 saturated carbocycles. The van der Waals surface area contributed by atoms with E-state index < -0.39 is 10.0 Å². The first-order valence-electron chi connectivity index (χ1n) is 8.90. The maximum absolute atomic E-state index is 12.9. The van der Waals surface area contributed by atoms with E-state index in [-0.39, 0.29) is 5.91 Å². The second kappa shape index (κ2) is 7.30. The average Bonchev–Trinajstić information content (AvgIpc) is 3.10. The van der Waals surface area contributed by atoms with Gasteiger partial charge in [0.1, 0.15) is 0 Å². The number of carbonyl (C=O) groups excluding carboxylic acids is 1. The largest absolute Gasteiger partial charge is 0.340 e. The average molecular weight is 362 g/mol. The van der Waals surface area contributed by atoms with Crippen molar-refractivity contribution < 1.29 is 13.2 Å². The summed E-state index contributed by atoms with van der Waals surface area (Å²) in [6.07, 6.45) is 6.90. The fraction of sp³-hybridized carbons (Fsp3) is 0.526. The summed E-state index contributed by atoms with van der Waals surface area (Å²) in [6, 6.07) is 5.49. The number of carbonyl (C=O) groups is 1. The summed E-state index contributed by atoms with van der Waals surface area (Å²) in [7, 11) is -3.50. The molecule has 1 aromatic carbocycles. The highest BCUT2D eigenvalue weighted by Crippen LogP contribution is 2.24. The van der Waals surface area contributed by atoms with Crippen molar-refractivity contribution in [3.8, 4) is 0 Å². The van der Waals surface area contributed by atoms with E-state index in [4.69, 9.17) is 0 Å². The zero-order valence-electron chi connectivity index (χ0n) is 14.9. The molecule has 1 aliphatic heterocycles. The summed E-state index contributed by atoms with van der Waals surface area (Å²) in [6.45, 7) is 5.39. The van der Waals surface area contributed by atoms with Crippen molar-refractivity contribution in [1.29, 1.82) is 0 Å². The summed E-state index contributed by atoms with van der Waals surface area (Å²) >= 11 is 0. The third-order valence-corrected chi connectivity index (χ3v) is 7.14. The van der Waals surface area contributed by atoms with Gasteiger partial charge in [-0.05, 0) is 49.8 Å². The molecule has 1 amide bonds. The van der Waals surface area contributed by atoms with E-state index in [0.29, 0.717) is 43.4 Å². The molecule has 1 atom stereocenters. The number of sulfonamides is 1. The van der Waals surface area contributed by atoms with Gasteiger partial charge in [-0.25, -0.2) is 8.42 Å². The Hall–Kier alpha value is -1.66. The number of amides is 1. The fourth-order valence-electron chi connectivity index (χ4n) is 3.52. The van der Waals surface area contributed by atoms with Crippen LogP contribution in [0.15, 0.2) is 35.2 Å². The van der Waals surface area contributed by atoms with Crippen molar-refractivity contribution in [2.24, 2.45) is 5.92 Å². The first-order chi connectivity index (χ1) is 11.9. The van der Waals surface area contributed by atoms with Gasteiger partial charge >= 0.3 is 0 Å². The minimum absolute atomic E-state index is 0.139. The van der Waals surface area contributed by atoms with Gasteiger partial charge in [0.2, 0.25) is 15.9 Å². The third-order valence-electron chi connectivity index (χ3n) is 5.10. The standard InChI is InChI=1S/C19H26N2O3S/c1-15-7-8-16(2)18(13-15)25(23,24)21-11-9-20(10-12-21)19(22)14-17-5-3-4-6-17/h3,5,7-8,13,17H,4,6,9-12,14H2,1-2H3/t17-/m1/s1. The van der Waals surface area contributed by atoms with Gasteiger partial charge in [0, 0.05) is 32.6 Å². The molecule has 2 aliphatic rings. The number of hydrogen-bond donors (Lipinski definition) is 0. The Balaban J connectivity index is 1.64. The van der Waals surface area contributed by atoms with Crippen LogP contribution in [0.4, 0.5) is 0 Å². The lowest BCUT2D eigenvalue weighted by atomic mass is 10.0. The summed E-state index contributed by atoms with van der Waals surface area (Å²) in [5.41, 5.74) is 1.69. The molecular weight excluding hydrogens is 336 g/mol. The molecule has 3 rings (SSSR count). The van der Waals surface area contributed by atoms with E-state index in [9.17, 15) is 13.2 Å². The van der Waals surface area contributed by atoms with Crippen molar-refractivity contribution in [2.45, 2.75) is 38.0 Å². The molecule has 0 N–H and O–H groups in total. The van der Waals surface area contributed by atoms with Gasteiger partial charge in [0.05, 0.1) is 4.90 Å². The zero-order valence-corrected chi connectivity index (χ0v) is 15.8. The molecule has 0 spiro atoms. The minimum Gasteiger partial charge on any atom is -0.340 e. The molecule has 1 saturated heterocycles. The molecule has 1 aromatic rings. The van der Waals surface area contributed by atoms with E-state index >= 15 is 0 Å². The van der Waals surface area contributed by atoms with Crippen LogP contribution in [0.25, 0.3) is 0 Å². The van der Waals surface area contributed by atoms with Crippen LogP contribution in [-0.4, -0.2) is 49.7 Å². The van der Waals surface area contributed by atoms with Crippen LogP contribution in [0, 0.1) is 19.8 Å². The van der Waals surface area contributed by atoms with Crippen LogP contribution in [0.5, 0.6) is 0 Å². The Bertz CT molecular complexity index is 778. The van der Waals surface area contributed by atoms with Crippen LogP contribution in [0.2, 0.25) is 0 Å². The van der Waals surface area contributed by atoms with Crippen LogP contribution in [0.3, 0.4) is 0 Å². The van der Waals surface area contributed by atoms with Gasteiger partial charge in [-0.2, -0.15) is 4.31 Å². The highest BCUT2D eigenvalue weighted by Gasteiger charge is 2.31. The summed E-state index contributed by atoms with van der Waals surface area (Å²) < 4.78 is 27.4. The Morgan fingerprint density at radius 1 is 1.16 bits per heavy atom. The molecule has 25 heavy (non-hydrogen) atoms. The molecule has 0 bridgehead atoms. The topological polar surface area (TPSA) is 57.7 Å². The fourth-order valence-corrected chi connectivity index (χ4v) is 5.25. The van der Waals surface area contributed by atoms with Crippen LogP contribution < -0.4 is 0 Å². The molecule has 0 radical (unpaired) electrons.